The van der Waals surface area contributed by atoms with Crippen molar-refractivity contribution in [3.05, 3.63) is 82.4 Å². The lowest BCUT2D eigenvalue weighted by Crippen LogP contribution is -2.64. The molecule has 0 bridgehead atoms. The molecule has 0 spiro atoms. The van der Waals surface area contributed by atoms with Crippen molar-refractivity contribution < 1.29 is 14.4 Å². The topological polar surface area (TPSA) is 96.3 Å². The van der Waals surface area contributed by atoms with Crippen molar-refractivity contribution in [1.29, 1.82) is 0 Å². The molecule has 2 aromatic carbocycles. The fourth-order valence-electron chi connectivity index (χ4n) is 4.74. The minimum atomic E-state index is -1.13. The number of hydrogen-bond acceptors (Lipinski definition) is 5. The molecule has 1 aliphatic carbocycles. The van der Waals surface area contributed by atoms with Crippen LogP contribution in [0.25, 0.3) is 0 Å². The first-order valence-corrected chi connectivity index (χ1v) is 13.7. The molecule has 1 atom stereocenters. The summed E-state index contributed by atoms with van der Waals surface area (Å²) in [5.74, 6) is -1.04. The van der Waals surface area contributed by atoms with Gasteiger partial charge in [0.1, 0.15) is 11.2 Å². The summed E-state index contributed by atoms with van der Waals surface area (Å²) < 4.78 is 1.62. The van der Waals surface area contributed by atoms with Crippen LogP contribution in [0.2, 0.25) is 5.02 Å². The Labute approximate surface area is 224 Å². The molecule has 1 aromatic heterocycles. The number of hydrogen-bond donors (Lipinski definition) is 2. The second-order valence-corrected chi connectivity index (χ2v) is 10.8. The molecule has 1 fully saturated rings. The van der Waals surface area contributed by atoms with Crippen LogP contribution in [0.4, 0.5) is 0 Å². The lowest BCUT2D eigenvalue weighted by Gasteiger charge is -2.44. The van der Waals surface area contributed by atoms with Gasteiger partial charge in [-0.15, -0.1) is 11.8 Å². The standard InChI is InChI=1S/C27H28ClN5O3S/c1-27(26(36)30-14-18-5-3-4-6-21(18)28)15-32-16-31-22(23(32)25(35)33(27)19-9-10-19)24(34)29-13-17-7-11-20(37-2)12-8-17/h3-8,11-12,16,19H,9-10,13-15H2,1-2H3,(H,29,34)(H,30,36). The minimum absolute atomic E-state index is 0.0434. The Morgan fingerprint density at radius 3 is 2.51 bits per heavy atom. The van der Waals surface area contributed by atoms with Gasteiger partial charge in [0.15, 0.2) is 5.69 Å². The Balaban J connectivity index is 1.34. The summed E-state index contributed by atoms with van der Waals surface area (Å²) in [6, 6.07) is 15.2. The zero-order valence-corrected chi connectivity index (χ0v) is 22.2. The summed E-state index contributed by atoms with van der Waals surface area (Å²) in [5, 5.41) is 6.40. The molecule has 3 amide bonds. The average Bonchev–Trinajstić information content (AvgIpc) is 3.64. The third-order valence-electron chi connectivity index (χ3n) is 6.89. The molecule has 2 heterocycles. The maximum absolute atomic E-state index is 13.8. The molecule has 2 aliphatic rings. The summed E-state index contributed by atoms with van der Waals surface area (Å²) in [6.45, 7) is 2.55. The van der Waals surface area contributed by atoms with Crippen LogP contribution in [0.3, 0.4) is 0 Å². The summed E-state index contributed by atoms with van der Waals surface area (Å²) in [4.78, 5) is 47.4. The van der Waals surface area contributed by atoms with Crippen molar-refractivity contribution >= 4 is 41.1 Å². The maximum atomic E-state index is 13.8. The zero-order valence-electron chi connectivity index (χ0n) is 20.7. The van der Waals surface area contributed by atoms with Gasteiger partial charge < -0.3 is 20.1 Å². The number of imidazole rings is 1. The molecule has 10 heteroatoms. The lowest BCUT2D eigenvalue weighted by atomic mass is 9.93. The molecule has 0 saturated heterocycles. The van der Waals surface area contributed by atoms with E-state index in [1.165, 1.54) is 6.33 Å². The predicted molar refractivity (Wildman–Crippen MR) is 143 cm³/mol. The first-order valence-electron chi connectivity index (χ1n) is 12.1. The van der Waals surface area contributed by atoms with Gasteiger partial charge in [-0.3, -0.25) is 14.4 Å². The molecular weight excluding hydrogens is 510 g/mol. The minimum Gasteiger partial charge on any atom is -0.350 e. The number of nitrogens with one attached hydrogen (secondary N) is 2. The normalized spacial score (nSPS) is 18.9. The van der Waals surface area contributed by atoms with Gasteiger partial charge in [0.25, 0.3) is 11.8 Å². The van der Waals surface area contributed by atoms with E-state index in [1.54, 1.807) is 34.2 Å². The number of amides is 3. The maximum Gasteiger partial charge on any atom is 0.274 e. The van der Waals surface area contributed by atoms with E-state index in [1.807, 2.05) is 48.7 Å². The molecule has 2 N–H and O–H groups in total. The van der Waals surface area contributed by atoms with Gasteiger partial charge in [-0.25, -0.2) is 4.98 Å². The zero-order chi connectivity index (χ0) is 26.2. The molecule has 3 aromatic rings. The van der Waals surface area contributed by atoms with Crippen LogP contribution in [-0.4, -0.2) is 50.0 Å². The van der Waals surface area contributed by atoms with Crippen molar-refractivity contribution in [2.24, 2.45) is 0 Å². The van der Waals surface area contributed by atoms with Crippen LogP contribution >= 0.6 is 23.4 Å². The first-order chi connectivity index (χ1) is 17.8. The van der Waals surface area contributed by atoms with E-state index < -0.39 is 11.4 Å². The van der Waals surface area contributed by atoms with Crippen LogP contribution in [0.1, 0.15) is 51.9 Å². The second kappa shape index (κ2) is 10.2. The number of nitrogens with zero attached hydrogens (tertiary/aromatic N) is 3. The van der Waals surface area contributed by atoms with Gasteiger partial charge in [-0.05, 0) is 55.3 Å². The van der Waals surface area contributed by atoms with Gasteiger partial charge in [-0.1, -0.05) is 41.9 Å². The molecule has 1 aliphatic heterocycles. The molecular formula is C27H28ClN5O3S. The van der Waals surface area contributed by atoms with Gasteiger partial charge in [0, 0.05) is 29.0 Å². The third kappa shape index (κ3) is 4.98. The predicted octanol–water partition coefficient (Wildman–Crippen LogP) is 3.88. The van der Waals surface area contributed by atoms with Gasteiger partial charge in [0.05, 0.1) is 12.9 Å². The first kappa shape index (κ1) is 25.4. The van der Waals surface area contributed by atoms with Crippen LogP contribution in [0, 0.1) is 0 Å². The number of thioether (sulfide) groups is 1. The summed E-state index contributed by atoms with van der Waals surface area (Å²) in [7, 11) is 0. The highest BCUT2D eigenvalue weighted by atomic mass is 35.5. The third-order valence-corrected chi connectivity index (χ3v) is 8.01. The van der Waals surface area contributed by atoms with E-state index in [4.69, 9.17) is 11.6 Å². The van der Waals surface area contributed by atoms with Crippen molar-refractivity contribution in [2.45, 2.75) is 55.9 Å². The van der Waals surface area contributed by atoms with Crippen LogP contribution in [-0.2, 0) is 24.4 Å². The Kier molecular flexibility index (Phi) is 7.00. The molecule has 0 radical (unpaired) electrons. The summed E-state index contributed by atoms with van der Waals surface area (Å²) in [5.41, 5.74) is 0.924. The van der Waals surface area contributed by atoms with Crippen molar-refractivity contribution in [1.82, 2.24) is 25.1 Å². The monoisotopic (exact) mass is 537 g/mol. The van der Waals surface area contributed by atoms with Crippen molar-refractivity contribution in [3.63, 3.8) is 0 Å². The van der Waals surface area contributed by atoms with Crippen LogP contribution in [0.15, 0.2) is 59.8 Å². The SMILES string of the molecule is CSc1ccc(CNC(=O)c2ncn3c2C(=O)N(C2CC2)C(C)(C(=O)NCc2ccccc2Cl)C3)cc1. The molecule has 37 heavy (non-hydrogen) atoms. The number of carbonyl (C=O) groups excluding carboxylic acids is 3. The van der Waals surface area contributed by atoms with E-state index in [9.17, 15) is 14.4 Å². The number of carbonyl (C=O) groups is 3. The molecule has 192 valence electrons. The molecule has 1 saturated carbocycles. The number of benzene rings is 2. The highest BCUT2D eigenvalue weighted by Gasteiger charge is 2.53. The Hall–Kier alpha value is -3.30. The highest BCUT2D eigenvalue weighted by Crippen LogP contribution is 2.39. The van der Waals surface area contributed by atoms with Gasteiger partial charge >= 0.3 is 0 Å². The Morgan fingerprint density at radius 2 is 1.84 bits per heavy atom. The smallest absolute Gasteiger partial charge is 0.274 e. The van der Waals surface area contributed by atoms with E-state index in [0.717, 1.165) is 28.9 Å². The van der Waals surface area contributed by atoms with E-state index in [-0.39, 0.29) is 42.3 Å². The fourth-order valence-corrected chi connectivity index (χ4v) is 5.35. The van der Waals surface area contributed by atoms with Gasteiger partial charge in [0.2, 0.25) is 5.91 Å². The molecule has 5 rings (SSSR count). The highest BCUT2D eigenvalue weighted by molar-refractivity contribution is 7.98. The molecule has 8 nitrogen and oxygen atoms in total. The Morgan fingerprint density at radius 1 is 1.11 bits per heavy atom. The van der Waals surface area contributed by atoms with Crippen molar-refractivity contribution in [2.75, 3.05) is 6.26 Å². The second-order valence-electron chi connectivity index (χ2n) is 9.55. The van der Waals surface area contributed by atoms with Gasteiger partial charge in [-0.2, -0.15) is 0 Å². The van der Waals surface area contributed by atoms with E-state index in [2.05, 4.69) is 15.6 Å². The van der Waals surface area contributed by atoms with Crippen LogP contribution in [0.5, 0.6) is 0 Å². The summed E-state index contributed by atoms with van der Waals surface area (Å²) in [6.07, 6.45) is 5.12. The lowest BCUT2D eigenvalue weighted by molar-refractivity contribution is -0.133. The Bertz CT molecular complexity index is 1350. The van der Waals surface area contributed by atoms with Crippen molar-refractivity contribution in [3.8, 4) is 0 Å². The van der Waals surface area contributed by atoms with E-state index in [0.29, 0.717) is 11.6 Å². The quantitative estimate of drug-likeness (QED) is 0.425. The number of halogens is 1. The van der Waals surface area contributed by atoms with E-state index >= 15 is 0 Å². The van der Waals surface area contributed by atoms with Crippen LogP contribution < -0.4 is 10.6 Å². The average molecular weight is 538 g/mol. The summed E-state index contributed by atoms with van der Waals surface area (Å²) >= 11 is 7.90. The number of aromatic nitrogens is 2. The molecule has 1 unspecified atom stereocenters. The fraction of sp³-hybridized carbons (Fsp3) is 0.333. The number of fused-ring (bicyclic) bond motifs is 1. The largest absolute Gasteiger partial charge is 0.350 e. The number of rotatable bonds is 8.